The average molecular weight is 384 g/mol. The Hall–Kier alpha value is -2.16. The molecular formula is C22H29N3OS. The van der Waals surface area contributed by atoms with E-state index in [9.17, 15) is 10.1 Å². The molecule has 0 saturated heterocycles. The average Bonchev–Trinajstić information content (AvgIpc) is 3.07. The zero-order valence-electron chi connectivity index (χ0n) is 16.8. The van der Waals surface area contributed by atoms with E-state index in [2.05, 4.69) is 51.1 Å². The number of amides is 1. The Morgan fingerprint density at radius 1 is 1.22 bits per heavy atom. The first-order chi connectivity index (χ1) is 12.6. The van der Waals surface area contributed by atoms with Gasteiger partial charge in [-0.25, -0.2) is 0 Å². The van der Waals surface area contributed by atoms with Crippen LogP contribution in [0.2, 0.25) is 0 Å². The van der Waals surface area contributed by atoms with Crippen LogP contribution in [-0.2, 0) is 10.2 Å². The molecule has 1 amide bonds. The number of thiophene rings is 1. The molecule has 4 nitrogen and oxygen atoms in total. The molecule has 0 radical (unpaired) electrons. The summed E-state index contributed by atoms with van der Waals surface area (Å²) in [5.74, 6) is 0.121. The van der Waals surface area contributed by atoms with Crippen molar-refractivity contribution in [3.63, 3.8) is 0 Å². The van der Waals surface area contributed by atoms with Crippen LogP contribution in [0.3, 0.4) is 0 Å². The monoisotopic (exact) mass is 383 g/mol. The first-order valence-corrected chi connectivity index (χ1v) is 10.2. The minimum absolute atomic E-state index is 0.00552. The van der Waals surface area contributed by atoms with Crippen LogP contribution in [0, 0.1) is 17.2 Å². The van der Waals surface area contributed by atoms with Gasteiger partial charge in [-0.15, -0.1) is 11.3 Å². The lowest BCUT2D eigenvalue weighted by Crippen LogP contribution is -2.44. The maximum absolute atomic E-state index is 12.9. The molecule has 1 heterocycles. The molecule has 0 aliphatic carbocycles. The zero-order valence-corrected chi connectivity index (χ0v) is 17.6. The summed E-state index contributed by atoms with van der Waals surface area (Å²) in [6.07, 6.45) is 0.598. The van der Waals surface area contributed by atoms with Gasteiger partial charge in [0.2, 0.25) is 5.91 Å². The van der Waals surface area contributed by atoms with Crippen molar-refractivity contribution in [3.8, 4) is 17.2 Å². The quantitative estimate of drug-likeness (QED) is 0.718. The molecule has 1 aromatic carbocycles. The number of carbonyl (C=O) groups is 1. The number of nitriles is 1. The molecule has 0 spiro atoms. The molecule has 0 aliphatic rings. The van der Waals surface area contributed by atoms with E-state index < -0.39 is 6.04 Å². The molecule has 2 aromatic rings. The van der Waals surface area contributed by atoms with Gasteiger partial charge in [0.1, 0.15) is 6.54 Å². The van der Waals surface area contributed by atoms with Crippen LogP contribution < -0.4 is 10.6 Å². The third-order valence-corrected chi connectivity index (χ3v) is 5.26. The molecule has 0 saturated carbocycles. The predicted octanol–water partition coefficient (Wildman–Crippen LogP) is 4.94. The second kappa shape index (κ2) is 8.69. The topological polar surface area (TPSA) is 70.1 Å². The van der Waals surface area contributed by atoms with E-state index in [0.717, 1.165) is 16.8 Å². The van der Waals surface area contributed by atoms with E-state index in [-0.39, 0.29) is 17.9 Å². The van der Waals surface area contributed by atoms with Gasteiger partial charge in [-0.2, -0.15) is 5.26 Å². The number of nitrogens with two attached hydrogens (primary N) is 1. The van der Waals surface area contributed by atoms with Crippen LogP contribution in [0.1, 0.15) is 46.6 Å². The summed E-state index contributed by atoms with van der Waals surface area (Å²) in [4.78, 5) is 14.4. The number of hydrogen-bond donors (Lipinski definition) is 1. The highest BCUT2D eigenvalue weighted by Gasteiger charge is 2.26. The van der Waals surface area contributed by atoms with Gasteiger partial charge in [0, 0.05) is 16.3 Å². The van der Waals surface area contributed by atoms with E-state index in [1.165, 1.54) is 21.8 Å². The molecule has 0 aliphatic heterocycles. The highest BCUT2D eigenvalue weighted by atomic mass is 32.1. The Balaban J connectivity index is 2.37. The lowest BCUT2D eigenvalue weighted by Gasteiger charge is -2.25. The van der Waals surface area contributed by atoms with Crippen molar-refractivity contribution in [2.24, 2.45) is 11.7 Å². The fraction of sp³-hybridized carbons (Fsp3) is 0.455. The van der Waals surface area contributed by atoms with E-state index in [0.29, 0.717) is 12.3 Å². The fourth-order valence-corrected chi connectivity index (χ4v) is 3.87. The van der Waals surface area contributed by atoms with Crippen molar-refractivity contribution in [1.29, 1.82) is 5.26 Å². The van der Waals surface area contributed by atoms with Gasteiger partial charge in [0.25, 0.3) is 0 Å². The minimum atomic E-state index is -0.602. The number of nitrogens with zero attached hydrogens (tertiary/aromatic N) is 2. The number of rotatable bonds is 6. The van der Waals surface area contributed by atoms with Crippen LogP contribution in [0.4, 0.5) is 5.69 Å². The summed E-state index contributed by atoms with van der Waals surface area (Å²) in [7, 11) is 0. The van der Waals surface area contributed by atoms with Crippen molar-refractivity contribution >= 4 is 22.9 Å². The Morgan fingerprint density at radius 2 is 1.85 bits per heavy atom. The molecule has 144 valence electrons. The van der Waals surface area contributed by atoms with Gasteiger partial charge in [0.15, 0.2) is 0 Å². The van der Waals surface area contributed by atoms with Crippen molar-refractivity contribution in [2.45, 2.75) is 52.5 Å². The second-order valence-electron chi connectivity index (χ2n) is 8.32. The van der Waals surface area contributed by atoms with Crippen molar-refractivity contribution in [2.75, 3.05) is 11.4 Å². The number of hydrogen-bond acceptors (Lipinski definition) is 4. The summed E-state index contributed by atoms with van der Waals surface area (Å²) < 4.78 is 0. The summed E-state index contributed by atoms with van der Waals surface area (Å²) in [6, 6.07) is 9.91. The molecule has 1 aromatic heterocycles. The summed E-state index contributed by atoms with van der Waals surface area (Å²) in [5, 5.41) is 13.2. The van der Waals surface area contributed by atoms with Gasteiger partial charge >= 0.3 is 0 Å². The van der Waals surface area contributed by atoms with Crippen LogP contribution in [0.15, 0.2) is 35.0 Å². The third-order valence-electron chi connectivity index (χ3n) is 4.53. The molecule has 1 atom stereocenters. The largest absolute Gasteiger partial charge is 0.320 e. The first kappa shape index (κ1) is 21.1. The smallest absolute Gasteiger partial charge is 0.244 e. The Labute approximate surface area is 166 Å². The molecule has 2 N–H and O–H groups in total. The molecule has 0 fully saturated rings. The maximum Gasteiger partial charge on any atom is 0.244 e. The van der Waals surface area contributed by atoms with Gasteiger partial charge < -0.3 is 5.73 Å². The van der Waals surface area contributed by atoms with E-state index in [1.807, 2.05) is 24.6 Å². The molecule has 27 heavy (non-hydrogen) atoms. The van der Waals surface area contributed by atoms with Crippen molar-refractivity contribution in [3.05, 3.63) is 40.6 Å². The summed E-state index contributed by atoms with van der Waals surface area (Å²) in [6.45, 7) is 10.6. The van der Waals surface area contributed by atoms with Gasteiger partial charge in [-0.1, -0.05) is 58.9 Å². The molecule has 2 rings (SSSR count). The molecular weight excluding hydrogens is 354 g/mol. The molecule has 5 heteroatoms. The number of anilines is 1. The Kier molecular flexibility index (Phi) is 6.80. The fourth-order valence-electron chi connectivity index (χ4n) is 3.03. The van der Waals surface area contributed by atoms with Gasteiger partial charge in [-0.05, 0) is 28.9 Å². The predicted molar refractivity (Wildman–Crippen MR) is 114 cm³/mol. The molecule has 0 bridgehead atoms. The van der Waals surface area contributed by atoms with Crippen LogP contribution >= 0.6 is 11.3 Å². The van der Waals surface area contributed by atoms with Crippen molar-refractivity contribution in [1.82, 2.24) is 0 Å². The SMILES string of the molecule is CC(C)C[C@H](N)C(=O)N(CC#N)c1cscc1-c1ccc(C(C)(C)C)cc1. The maximum atomic E-state index is 12.9. The lowest BCUT2D eigenvalue weighted by molar-refractivity contribution is -0.120. The third kappa shape index (κ3) is 5.18. The summed E-state index contributed by atoms with van der Waals surface area (Å²) in [5.41, 5.74) is 10.2. The van der Waals surface area contributed by atoms with Crippen molar-refractivity contribution < 1.29 is 4.79 Å². The highest BCUT2D eigenvalue weighted by molar-refractivity contribution is 7.08. The van der Waals surface area contributed by atoms with E-state index in [1.54, 1.807) is 0 Å². The minimum Gasteiger partial charge on any atom is -0.320 e. The van der Waals surface area contributed by atoms with Crippen LogP contribution in [0.25, 0.3) is 11.1 Å². The van der Waals surface area contributed by atoms with Gasteiger partial charge in [-0.3, -0.25) is 9.69 Å². The number of benzene rings is 1. The zero-order chi connectivity index (χ0) is 20.2. The second-order valence-corrected chi connectivity index (χ2v) is 9.06. The first-order valence-electron chi connectivity index (χ1n) is 9.26. The van der Waals surface area contributed by atoms with E-state index >= 15 is 0 Å². The Morgan fingerprint density at radius 3 is 2.37 bits per heavy atom. The van der Waals surface area contributed by atoms with Crippen LogP contribution in [0.5, 0.6) is 0 Å². The molecule has 0 unspecified atom stereocenters. The van der Waals surface area contributed by atoms with Crippen LogP contribution in [-0.4, -0.2) is 18.5 Å². The highest BCUT2D eigenvalue weighted by Crippen LogP contribution is 2.36. The standard InChI is InChI=1S/C22H29N3OS/c1-15(2)12-19(24)21(26)25(11-10-23)20-14-27-13-18(20)16-6-8-17(9-7-16)22(3,4)5/h6-9,13-15,19H,11-12,24H2,1-5H3/t19-/m0/s1. The Bertz CT molecular complexity index is 809. The van der Waals surface area contributed by atoms with Gasteiger partial charge in [0.05, 0.1) is 17.8 Å². The summed E-state index contributed by atoms with van der Waals surface area (Å²) >= 11 is 1.52. The van der Waals surface area contributed by atoms with E-state index in [4.69, 9.17) is 5.73 Å². The lowest BCUT2D eigenvalue weighted by atomic mass is 9.86. The normalized spacial score (nSPS) is 12.7. The number of carbonyl (C=O) groups excluding carboxylic acids is 1.